The van der Waals surface area contributed by atoms with Crippen molar-refractivity contribution >= 4 is 22.8 Å². The average Bonchev–Trinajstić information content (AvgIpc) is 3.64. The summed E-state index contributed by atoms with van der Waals surface area (Å²) >= 11 is 0. The summed E-state index contributed by atoms with van der Waals surface area (Å²) in [6.45, 7) is 0. The third-order valence-electron chi connectivity index (χ3n) is 6.43. The Morgan fingerprint density at radius 2 is 1.81 bits per heavy atom. The van der Waals surface area contributed by atoms with Crippen LogP contribution in [0.25, 0.3) is 28.0 Å². The molecule has 0 atom stereocenters. The van der Waals surface area contributed by atoms with Gasteiger partial charge in [0.2, 0.25) is 0 Å². The van der Waals surface area contributed by atoms with Gasteiger partial charge in [-0.1, -0.05) is 12.8 Å². The Hall–Kier alpha value is -4.47. The summed E-state index contributed by atoms with van der Waals surface area (Å²) in [5.74, 6) is -0.208. The van der Waals surface area contributed by atoms with Crippen LogP contribution in [0.4, 0.5) is 14.5 Å². The molecule has 3 heterocycles. The van der Waals surface area contributed by atoms with Crippen LogP contribution in [0.3, 0.4) is 0 Å². The molecule has 0 saturated heterocycles. The van der Waals surface area contributed by atoms with Crippen LogP contribution in [0.5, 0.6) is 0 Å². The van der Waals surface area contributed by atoms with E-state index >= 15 is 0 Å². The number of hydrogen-bond donors (Lipinski definition) is 2. The van der Waals surface area contributed by atoms with Gasteiger partial charge in [0.05, 0.1) is 11.9 Å². The number of nitrogens with zero attached hydrogens (tertiary/aromatic N) is 5. The van der Waals surface area contributed by atoms with Gasteiger partial charge in [0.15, 0.2) is 11.3 Å². The SMILES string of the molecule is O=C(Nc1cc(F)cc(-c2cnn(-c3ccc(F)cc3)c2)c1)c1ncnc2nc(C3CCCC3)[nH]c12. The molecule has 180 valence electrons. The second-order valence-corrected chi connectivity index (χ2v) is 8.86. The summed E-state index contributed by atoms with van der Waals surface area (Å²) in [5.41, 5.74) is 3.14. The molecule has 0 aliphatic heterocycles. The third-order valence-corrected chi connectivity index (χ3v) is 6.43. The zero-order chi connectivity index (χ0) is 24.6. The lowest BCUT2D eigenvalue weighted by Gasteiger charge is -2.08. The van der Waals surface area contributed by atoms with Crippen molar-refractivity contribution < 1.29 is 13.6 Å². The van der Waals surface area contributed by atoms with Crippen LogP contribution in [-0.4, -0.2) is 35.6 Å². The quantitative estimate of drug-likeness (QED) is 0.347. The molecule has 5 aromatic rings. The highest BCUT2D eigenvalue weighted by Gasteiger charge is 2.23. The van der Waals surface area contributed by atoms with Crippen molar-refractivity contribution in [2.24, 2.45) is 0 Å². The first-order valence-corrected chi connectivity index (χ1v) is 11.7. The molecule has 6 rings (SSSR count). The van der Waals surface area contributed by atoms with Gasteiger partial charge in [-0.3, -0.25) is 4.79 Å². The second kappa shape index (κ2) is 8.95. The molecule has 0 bridgehead atoms. The smallest absolute Gasteiger partial charge is 0.276 e. The fourth-order valence-corrected chi connectivity index (χ4v) is 4.64. The number of H-pyrrole nitrogens is 1. The van der Waals surface area contributed by atoms with E-state index in [1.807, 2.05) is 0 Å². The van der Waals surface area contributed by atoms with Gasteiger partial charge in [-0.15, -0.1) is 0 Å². The monoisotopic (exact) mass is 485 g/mol. The lowest BCUT2D eigenvalue weighted by molar-refractivity contribution is 0.102. The molecule has 1 amide bonds. The van der Waals surface area contributed by atoms with E-state index < -0.39 is 11.7 Å². The van der Waals surface area contributed by atoms with Crippen molar-refractivity contribution in [3.63, 3.8) is 0 Å². The number of nitrogens with one attached hydrogen (secondary N) is 2. The predicted octanol–water partition coefficient (Wildman–Crippen LogP) is 5.39. The number of imidazole rings is 1. The molecular weight excluding hydrogens is 464 g/mol. The van der Waals surface area contributed by atoms with E-state index in [9.17, 15) is 13.6 Å². The van der Waals surface area contributed by atoms with Gasteiger partial charge in [0, 0.05) is 23.4 Å². The number of amides is 1. The molecule has 0 spiro atoms. The summed E-state index contributed by atoms with van der Waals surface area (Å²) in [6, 6.07) is 10.1. The molecule has 0 radical (unpaired) electrons. The normalized spacial score (nSPS) is 13.9. The molecule has 1 fully saturated rings. The molecule has 10 heteroatoms. The second-order valence-electron chi connectivity index (χ2n) is 8.86. The maximum Gasteiger partial charge on any atom is 0.276 e. The molecule has 0 unspecified atom stereocenters. The van der Waals surface area contributed by atoms with E-state index in [4.69, 9.17) is 0 Å². The van der Waals surface area contributed by atoms with Crippen molar-refractivity contribution in [2.45, 2.75) is 31.6 Å². The largest absolute Gasteiger partial charge is 0.338 e. The Morgan fingerprint density at radius 3 is 2.61 bits per heavy atom. The van der Waals surface area contributed by atoms with E-state index in [0.717, 1.165) is 31.5 Å². The van der Waals surface area contributed by atoms with Crippen LogP contribution in [0, 0.1) is 11.6 Å². The highest BCUT2D eigenvalue weighted by atomic mass is 19.1. The number of benzene rings is 2. The van der Waals surface area contributed by atoms with Gasteiger partial charge < -0.3 is 10.3 Å². The number of aromatic amines is 1. The van der Waals surface area contributed by atoms with Gasteiger partial charge >= 0.3 is 0 Å². The van der Waals surface area contributed by atoms with E-state index in [0.29, 0.717) is 33.9 Å². The topological polar surface area (TPSA) is 101 Å². The van der Waals surface area contributed by atoms with E-state index in [1.165, 1.54) is 30.6 Å². The fourth-order valence-electron chi connectivity index (χ4n) is 4.64. The number of fused-ring (bicyclic) bond motifs is 1. The highest BCUT2D eigenvalue weighted by molar-refractivity contribution is 6.09. The summed E-state index contributed by atoms with van der Waals surface area (Å²) in [7, 11) is 0. The number of halogens is 2. The minimum absolute atomic E-state index is 0.145. The number of carbonyl (C=O) groups is 1. The van der Waals surface area contributed by atoms with Crippen LogP contribution in [-0.2, 0) is 0 Å². The standard InChI is InChI=1S/C26H21F2N7O/c27-18-5-7-21(8-6-18)35-13-17(12-31-35)16-9-19(28)11-20(10-16)32-26(36)23-22-25(30-14-29-23)34-24(33-22)15-3-1-2-4-15/h5-15H,1-4H2,(H,32,36)(H,29,30,33,34). The Balaban J connectivity index is 1.27. The van der Waals surface area contributed by atoms with Crippen LogP contribution >= 0.6 is 0 Å². The summed E-state index contributed by atoms with van der Waals surface area (Å²) in [4.78, 5) is 29.3. The van der Waals surface area contributed by atoms with Crippen molar-refractivity contribution in [1.29, 1.82) is 0 Å². The molecule has 1 saturated carbocycles. The first-order valence-electron chi connectivity index (χ1n) is 11.7. The van der Waals surface area contributed by atoms with Gasteiger partial charge in [-0.05, 0) is 60.9 Å². The number of hydrogen-bond acceptors (Lipinski definition) is 5. The molecule has 1 aliphatic carbocycles. The first-order chi connectivity index (χ1) is 17.5. The Bertz CT molecular complexity index is 1570. The van der Waals surface area contributed by atoms with E-state index in [-0.39, 0.29) is 17.2 Å². The minimum atomic E-state index is -0.518. The molecule has 8 nitrogen and oxygen atoms in total. The third kappa shape index (κ3) is 4.21. The zero-order valence-electron chi connectivity index (χ0n) is 19.1. The number of anilines is 1. The summed E-state index contributed by atoms with van der Waals surface area (Å²) < 4.78 is 29.3. The van der Waals surface area contributed by atoms with Crippen molar-refractivity contribution in [3.8, 4) is 16.8 Å². The molecule has 36 heavy (non-hydrogen) atoms. The van der Waals surface area contributed by atoms with Gasteiger partial charge in [0.25, 0.3) is 5.91 Å². The molecule has 2 aromatic carbocycles. The average molecular weight is 485 g/mol. The number of aromatic nitrogens is 6. The number of rotatable bonds is 5. The summed E-state index contributed by atoms with van der Waals surface area (Å²) in [6.07, 6.45) is 9.01. The van der Waals surface area contributed by atoms with E-state index in [2.05, 4.69) is 30.4 Å². The maximum absolute atomic E-state index is 14.5. The fraction of sp³-hybridized carbons (Fsp3) is 0.192. The van der Waals surface area contributed by atoms with Gasteiger partial charge in [-0.25, -0.2) is 28.4 Å². The Morgan fingerprint density at radius 1 is 1.00 bits per heavy atom. The Labute approximate surface area is 204 Å². The first kappa shape index (κ1) is 22.0. The van der Waals surface area contributed by atoms with Gasteiger partial charge in [-0.2, -0.15) is 5.10 Å². The van der Waals surface area contributed by atoms with Crippen molar-refractivity contribution in [1.82, 2.24) is 29.7 Å². The lowest BCUT2D eigenvalue weighted by atomic mass is 10.1. The van der Waals surface area contributed by atoms with Crippen molar-refractivity contribution in [3.05, 3.63) is 84.3 Å². The van der Waals surface area contributed by atoms with Crippen LogP contribution < -0.4 is 5.32 Å². The molecular formula is C26H21F2N7O. The van der Waals surface area contributed by atoms with Crippen molar-refractivity contribution in [2.75, 3.05) is 5.32 Å². The van der Waals surface area contributed by atoms with Crippen LogP contribution in [0.2, 0.25) is 0 Å². The highest BCUT2D eigenvalue weighted by Crippen LogP contribution is 2.33. The lowest BCUT2D eigenvalue weighted by Crippen LogP contribution is -2.15. The van der Waals surface area contributed by atoms with Gasteiger partial charge in [0.1, 0.15) is 29.3 Å². The van der Waals surface area contributed by atoms with E-state index in [1.54, 1.807) is 35.3 Å². The molecule has 3 aromatic heterocycles. The van der Waals surface area contributed by atoms with Crippen LogP contribution in [0.15, 0.2) is 61.2 Å². The zero-order valence-corrected chi connectivity index (χ0v) is 19.1. The summed E-state index contributed by atoms with van der Waals surface area (Å²) in [5, 5.41) is 7.02. The minimum Gasteiger partial charge on any atom is -0.338 e. The number of carbonyl (C=O) groups excluding carboxylic acids is 1. The molecule has 2 N–H and O–H groups in total. The Kier molecular flexibility index (Phi) is 5.48. The molecule has 1 aliphatic rings. The predicted molar refractivity (Wildman–Crippen MR) is 130 cm³/mol. The maximum atomic E-state index is 14.5. The van der Waals surface area contributed by atoms with Crippen LogP contribution in [0.1, 0.15) is 47.9 Å².